The summed E-state index contributed by atoms with van der Waals surface area (Å²) >= 11 is 0. The lowest BCUT2D eigenvalue weighted by Gasteiger charge is -2.25. The highest BCUT2D eigenvalue weighted by Gasteiger charge is 2.39. The highest BCUT2D eigenvalue weighted by molar-refractivity contribution is 6.27. The van der Waals surface area contributed by atoms with Gasteiger partial charge in [0.2, 0.25) is 0 Å². The molecule has 0 saturated carbocycles. The normalized spacial score (nSPS) is 16.0. The molecule has 0 heteroatoms. The number of hydrogen-bond donors (Lipinski definition) is 0. The van der Waals surface area contributed by atoms with Gasteiger partial charge in [-0.15, -0.1) is 0 Å². The summed E-state index contributed by atoms with van der Waals surface area (Å²) in [5.41, 5.74) is 21.6. The van der Waals surface area contributed by atoms with Gasteiger partial charge in [0.1, 0.15) is 0 Å². The molecule has 0 bridgehead atoms. The molecule has 0 spiro atoms. The minimum atomic E-state index is -0.138. The van der Waals surface area contributed by atoms with E-state index in [1.807, 2.05) is 0 Å². The Kier molecular flexibility index (Phi) is 6.35. The Morgan fingerprint density at radius 3 is 1.12 bits per heavy atom. The van der Waals surface area contributed by atoms with Crippen molar-refractivity contribution in [2.24, 2.45) is 0 Å². The van der Waals surface area contributed by atoms with Gasteiger partial charge in [0.05, 0.1) is 0 Å². The predicted octanol–water partition coefficient (Wildman–Crippen LogP) is 15.4. The summed E-state index contributed by atoms with van der Waals surface area (Å²) in [7, 11) is 0. The molecule has 9 aromatic rings. The third-order valence-corrected chi connectivity index (χ3v) is 14.4. The maximum absolute atomic E-state index is 2.47. The first-order valence-electron chi connectivity index (χ1n) is 20.6. The zero-order valence-electron chi connectivity index (χ0n) is 33.5. The Labute approximate surface area is 335 Å². The van der Waals surface area contributed by atoms with Crippen molar-refractivity contribution in [3.63, 3.8) is 0 Å². The minimum Gasteiger partial charge on any atom is -0.0619 e. The smallest absolute Gasteiger partial charge is 0.0165 e. The molecule has 9 aromatic carbocycles. The maximum atomic E-state index is 2.47. The molecule has 57 heavy (non-hydrogen) atoms. The molecule has 272 valence electrons. The van der Waals surface area contributed by atoms with E-state index >= 15 is 0 Å². The standard InChI is InChI=1S/C57H44/c1-55(2)48-18-12-11-16-40(48)44-29-33(19-25-49(44)55)35-20-26-50-46(31-35)47-32-36(21-27-51(47)56(50,3)4)34-22-28-52-45(30-34)43-24-23-42-39-15-8-7-13-37(39)38-14-9-10-17-41(38)53(42)54(43)57(52,5)6/h7-32H,1-6H3. The van der Waals surface area contributed by atoms with Crippen LogP contribution in [0.3, 0.4) is 0 Å². The van der Waals surface area contributed by atoms with Crippen LogP contribution in [0.15, 0.2) is 158 Å². The van der Waals surface area contributed by atoms with Crippen LogP contribution in [-0.4, -0.2) is 0 Å². The van der Waals surface area contributed by atoms with Crippen LogP contribution in [0.1, 0.15) is 74.9 Å². The van der Waals surface area contributed by atoms with E-state index in [4.69, 9.17) is 0 Å². The van der Waals surface area contributed by atoms with Crippen molar-refractivity contribution in [1.82, 2.24) is 0 Å². The largest absolute Gasteiger partial charge is 0.0619 e. The first-order valence-corrected chi connectivity index (χ1v) is 20.6. The fourth-order valence-electron chi connectivity index (χ4n) is 11.5. The summed E-state index contributed by atoms with van der Waals surface area (Å²) in [5, 5.41) is 8.07. The van der Waals surface area contributed by atoms with Crippen LogP contribution < -0.4 is 0 Å². The number of rotatable bonds is 2. The van der Waals surface area contributed by atoms with Crippen LogP contribution in [0.2, 0.25) is 0 Å². The summed E-state index contributed by atoms with van der Waals surface area (Å²) in [6.07, 6.45) is 0. The van der Waals surface area contributed by atoms with Gasteiger partial charge >= 0.3 is 0 Å². The highest BCUT2D eigenvalue weighted by Crippen LogP contribution is 2.56. The van der Waals surface area contributed by atoms with Crippen LogP contribution in [-0.2, 0) is 16.2 Å². The monoisotopic (exact) mass is 728 g/mol. The van der Waals surface area contributed by atoms with Gasteiger partial charge in [-0.2, -0.15) is 0 Å². The lowest BCUT2D eigenvalue weighted by Crippen LogP contribution is -2.15. The maximum Gasteiger partial charge on any atom is 0.0165 e. The SMILES string of the molecule is CC1(C)c2ccccc2-c2cc(-c3ccc4c(c3)-c3cc(-c5ccc6c(c5)-c5ccc7c8ccccc8c8ccccc8c7c5C6(C)C)ccc3C4(C)C)ccc21. The van der Waals surface area contributed by atoms with Crippen LogP contribution in [0, 0.1) is 0 Å². The Hall–Kier alpha value is -6.24. The van der Waals surface area contributed by atoms with Gasteiger partial charge in [-0.1, -0.05) is 175 Å². The van der Waals surface area contributed by atoms with Gasteiger partial charge in [0.15, 0.2) is 0 Å². The molecule has 0 aromatic heterocycles. The van der Waals surface area contributed by atoms with Crippen LogP contribution >= 0.6 is 0 Å². The Morgan fingerprint density at radius 2 is 0.614 bits per heavy atom. The molecule has 0 N–H and O–H groups in total. The molecule has 0 amide bonds. The van der Waals surface area contributed by atoms with Crippen molar-refractivity contribution in [3.05, 3.63) is 191 Å². The van der Waals surface area contributed by atoms with Gasteiger partial charge in [-0.25, -0.2) is 0 Å². The summed E-state index contributed by atoms with van der Waals surface area (Å²) in [6, 6.07) is 60.5. The second kappa shape index (κ2) is 11.0. The van der Waals surface area contributed by atoms with E-state index in [9.17, 15) is 0 Å². The number of hydrogen-bond acceptors (Lipinski definition) is 0. The van der Waals surface area contributed by atoms with E-state index in [1.165, 1.54) is 121 Å². The third-order valence-electron chi connectivity index (χ3n) is 14.4. The van der Waals surface area contributed by atoms with Crippen molar-refractivity contribution < 1.29 is 0 Å². The Balaban J connectivity index is 0.992. The van der Waals surface area contributed by atoms with Gasteiger partial charge < -0.3 is 0 Å². The summed E-state index contributed by atoms with van der Waals surface area (Å²) in [4.78, 5) is 0. The molecule has 0 nitrogen and oxygen atoms in total. The topological polar surface area (TPSA) is 0 Å². The molecule has 12 rings (SSSR count). The highest BCUT2D eigenvalue weighted by atomic mass is 14.4. The van der Waals surface area contributed by atoms with E-state index in [0.717, 1.165) is 0 Å². The predicted molar refractivity (Wildman–Crippen MR) is 243 cm³/mol. The quantitative estimate of drug-likeness (QED) is 0.156. The van der Waals surface area contributed by atoms with Gasteiger partial charge in [0.25, 0.3) is 0 Å². The van der Waals surface area contributed by atoms with Crippen LogP contribution in [0.5, 0.6) is 0 Å². The molecule has 0 aliphatic heterocycles. The van der Waals surface area contributed by atoms with E-state index in [0.29, 0.717) is 0 Å². The number of benzene rings is 9. The van der Waals surface area contributed by atoms with Gasteiger partial charge in [-0.05, 0) is 146 Å². The molecular formula is C57H44. The van der Waals surface area contributed by atoms with E-state index in [-0.39, 0.29) is 16.2 Å². The first kappa shape index (κ1) is 33.0. The lowest BCUT2D eigenvalue weighted by molar-refractivity contribution is 0.660. The lowest BCUT2D eigenvalue weighted by atomic mass is 9.78. The molecule has 3 aliphatic rings. The second-order valence-corrected chi connectivity index (χ2v) is 18.5. The first-order chi connectivity index (χ1) is 27.5. The van der Waals surface area contributed by atoms with Crippen molar-refractivity contribution in [2.75, 3.05) is 0 Å². The molecule has 0 fully saturated rings. The molecule has 3 aliphatic carbocycles. The molecular weight excluding hydrogens is 685 g/mol. The average molecular weight is 729 g/mol. The second-order valence-electron chi connectivity index (χ2n) is 18.5. The summed E-state index contributed by atoms with van der Waals surface area (Å²) in [6.45, 7) is 14.3. The van der Waals surface area contributed by atoms with E-state index < -0.39 is 0 Å². The number of fused-ring (bicyclic) bond motifs is 16. The fourth-order valence-corrected chi connectivity index (χ4v) is 11.5. The summed E-state index contributed by atoms with van der Waals surface area (Å²) in [5.74, 6) is 0. The molecule has 0 saturated heterocycles. The molecule has 0 unspecified atom stereocenters. The van der Waals surface area contributed by atoms with Gasteiger partial charge in [-0.3, -0.25) is 0 Å². The van der Waals surface area contributed by atoms with Gasteiger partial charge in [0, 0.05) is 16.2 Å². The summed E-state index contributed by atoms with van der Waals surface area (Å²) < 4.78 is 0. The fraction of sp³-hybridized carbons (Fsp3) is 0.158. The molecule has 0 radical (unpaired) electrons. The Morgan fingerprint density at radius 1 is 0.263 bits per heavy atom. The zero-order chi connectivity index (χ0) is 38.6. The van der Waals surface area contributed by atoms with E-state index in [1.54, 1.807) is 0 Å². The molecule has 0 atom stereocenters. The van der Waals surface area contributed by atoms with Crippen molar-refractivity contribution >= 4 is 32.3 Å². The van der Waals surface area contributed by atoms with Crippen molar-refractivity contribution in [1.29, 1.82) is 0 Å². The van der Waals surface area contributed by atoms with Crippen molar-refractivity contribution in [3.8, 4) is 55.6 Å². The minimum absolute atomic E-state index is 0.00814. The van der Waals surface area contributed by atoms with E-state index in [2.05, 4.69) is 199 Å². The zero-order valence-corrected chi connectivity index (χ0v) is 33.5. The van der Waals surface area contributed by atoms with Crippen molar-refractivity contribution in [2.45, 2.75) is 57.8 Å². The average Bonchev–Trinajstić information content (AvgIpc) is 3.72. The molecule has 0 heterocycles. The Bertz CT molecular complexity index is 3220. The van der Waals surface area contributed by atoms with Crippen LogP contribution in [0.25, 0.3) is 88.0 Å². The third kappa shape index (κ3) is 4.23. The van der Waals surface area contributed by atoms with Crippen LogP contribution in [0.4, 0.5) is 0 Å².